The summed E-state index contributed by atoms with van der Waals surface area (Å²) in [7, 11) is 0. The highest BCUT2D eigenvalue weighted by atomic mass is 16.5. The molecule has 0 spiro atoms. The van der Waals surface area contributed by atoms with Crippen LogP contribution in [0, 0.1) is 5.92 Å². The second-order valence-electron chi connectivity index (χ2n) is 5.54. The van der Waals surface area contributed by atoms with Gasteiger partial charge in [0.1, 0.15) is 0 Å². The Bertz CT molecular complexity index is 277. The summed E-state index contributed by atoms with van der Waals surface area (Å²) in [6, 6.07) is 0.320. The van der Waals surface area contributed by atoms with Gasteiger partial charge in [0.2, 0.25) is 5.91 Å². The molecular formula is C13H25N3O2. The third-order valence-electron chi connectivity index (χ3n) is 4.09. The van der Waals surface area contributed by atoms with E-state index in [2.05, 4.69) is 17.1 Å². The number of hydrogen-bond acceptors (Lipinski definition) is 4. The van der Waals surface area contributed by atoms with Gasteiger partial charge in [-0.1, -0.05) is 0 Å². The molecule has 0 aromatic heterocycles. The number of nitrogens with two attached hydrogens (primary N) is 1. The lowest BCUT2D eigenvalue weighted by molar-refractivity contribution is -0.122. The number of piperidine rings is 1. The molecule has 18 heavy (non-hydrogen) atoms. The van der Waals surface area contributed by atoms with Crippen LogP contribution >= 0.6 is 0 Å². The van der Waals surface area contributed by atoms with Gasteiger partial charge in [-0.2, -0.15) is 0 Å². The van der Waals surface area contributed by atoms with Crippen molar-refractivity contribution in [1.29, 1.82) is 0 Å². The summed E-state index contributed by atoms with van der Waals surface area (Å²) in [5.74, 6) is 0.605. The minimum absolute atomic E-state index is 0.129. The first kappa shape index (κ1) is 13.8. The molecule has 2 fully saturated rings. The van der Waals surface area contributed by atoms with Crippen LogP contribution in [-0.4, -0.2) is 55.7 Å². The van der Waals surface area contributed by atoms with Crippen LogP contribution in [0.4, 0.5) is 0 Å². The van der Waals surface area contributed by atoms with Crippen molar-refractivity contribution in [3.8, 4) is 0 Å². The summed E-state index contributed by atoms with van der Waals surface area (Å²) in [5.41, 5.74) is 5.84. The van der Waals surface area contributed by atoms with Crippen molar-refractivity contribution in [1.82, 2.24) is 10.2 Å². The zero-order valence-electron chi connectivity index (χ0n) is 11.2. The zero-order valence-corrected chi connectivity index (χ0v) is 11.2. The first-order valence-electron chi connectivity index (χ1n) is 7.01. The van der Waals surface area contributed by atoms with Crippen LogP contribution in [0.15, 0.2) is 0 Å². The molecule has 3 N–H and O–H groups in total. The van der Waals surface area contributed by atoms with Gasteiger partial charge in [0.05, 0.1) is 12.6 Å². The summed E-state index contributed by atoms with van der Waals surface area (Å²) in [6.07, 6.45) is 3.33. The van der Waals surface area contributed by atoms with Gasteiger partial charge in [0, 0.05) is 38.2 Å². The Morgan fingerprint density at radius 1 is 1.39 bits per heavy atom. The number of amides is 1. The normalized spacial score (nSPS) is 30.6. The summed E-state index contributed by atoms with van der Waals surface area (Å²) < 4.78 is 5.48. The van der Waals surface area contributed by atoms with E-state index in [1.807, 2.05) is 0 Å². The van der Waals surface area contributed by atoms with Gasteiger partial charge in [-0.25, -0.2) is 0 Å². The lowest BCUT2D eigenvalue weighted by Crippen LogP contribution is -2.45. The highest BCUT2D eigenvalue weighted by molar-refractivity contribution is 5.78. The Morgan fingerprint density at radius 2 is 2.11 bits per heavy atom. The van der Waals surface area contributed by atoms with Gasteiger partial charge in [-0.3, -0.25) is 9.69 Å². The van der Waals surface area contributed by atoms with E-state index in [0.717, 1.165) is 45.5 Å². The van der Waals surface area contributed by atoms with E-state index >= 15 is 0 Å². The van der Waals surface area contributed by atoms with E-state index in [9.17, 15) is 4.79 Å². The van der Waals surface area contributed by atoms with Gasteiger partial charge in [-0.15, -0.1) is 0 Å². The maximum Gasteiger partial charge on any atom is 0.234 e. The molecule has 0 bridgehead atoms. The van der Waals surface area contributed by atoms with Crippen LogP contribution in [0.3, 0.4) is 0 Å². The Morgan fingerprint density at radius 3 is 2.72 bits per heavy atom. The molecule has 2 atom stereocenters. The average molecular weight is 255 g/mol. The Balaban J connectivity index is 1.63. The molecule has 2 rings (SSSR count). The van der Waals surface area contributed by atoms with E-state index in [4.69, 9.17) is 10.5 Å². The van der Waals surface area contributed by atoms with Crippen molar-refractivity contribution in [2.24, 2.45) is 11.7 Å². The number of nitrogens with zero attached hydrogens (tertiary/aromatic N) is 1. The smallest absolute Gasteiger partial charge is 0.234 e. The molecule has 0 saturated carbocycles. The number of ether oxygens (including phenoxy) is 1. The van der Waals surface area contributed by atoms with Crippen LogP contribution in [0.2, 0.25) is 0 Å². The van der Waals surface area contributed by atoms with Gasteiger partial charge >= 0.3 is 0 Å². The molecule has 0 radical (unpaired) electrons. The molecule has 2 aliphatic rings. The highest BCUT2D eigenvalue weighted by Gasteiger charge is 2.25. The molecule has 0 aromatic rings. The number of carbonyl (C=O) groups is 1. The van der Waals surface area contributed by atoms with E-state index in [0.29, 0.717) is 18.5 Å². The van der Waals surface area contributed by atoms with Crippen LogP contribution in [0.25, 0.3) is 0 Å². The highest BCUT2D eigenvalue weighted by Crippen LogP contribution is 2.19. The summed E-state index contributed by atoms with van der Waals surface area (Å²) in [6.45, 7) is 6.04. The second kappa shape index (κ2) is 6.50. The quantitative estimate of drug-likeness (QED) is 0.739. The number of hydrogen-bond donors (Lipinski definition) is 2. The summed E-state index contributed by atoms with van der Waals surface area (Å²) in [4.78, 5) is 14.0. The molecule has 2 unspecified atom stereocenters. The lowest BCUT2D eigenvalue weighted by Gasteiger charge is -2.29. The standard InChI is InChI=1S/C13H25N3O2/c1-10-11(4-7-18-10)8-15-13(17)9-16-5-2-12(14)3-6-16/h10-12H,2-9,14H2,1H3,(H,15,17). The molecule has 0 aliphatic carbocycles. The van der Waals surface area contributed by atoms with Crippen molar-refractivity contribution in [2.75, 3.05) is 32.8 Å². The van der Waals surface area contributed by atoms with Crippen molar-refractivity contribution in [3.63, 3.8) is 0 Å². The van der Waals surface area contributed by atoms with Crippen molar-refractivity contribution in [3.05, 3.63) is 0 Å². The van der Waals surface area contributed by atoms with Crippen molar-refractivity contribution >= 4 is 5.91 Å². The molecule has 5 heteroatoms. The van der Waals surface area contributed by atoms with Crippen molar-refractivity contribution < 1.29 is 9.53 Å². The fourth-order valence-electron chi connectivity index (χ4n) is 2.66. The molecule has 5 nitrogen and oxygen atoms in total. The maximum atomic E-state index is 11.8. The number of likely N-dealkylation sites (tertiary alicyclic amines) is 1. The summed E-state index contributed by atoms with van der Waals surface area (Å²) >= 11 is 0. The monoisotopic (exact) mass is 255 g/mol. The van der Waals surface area contributed by atoms with Gasteiger partial charge in [0.15, 0.2) is 0 Å². The predicted molar refractivity (Wildman–Crippen MR) is 70.2 cm³/mol. The largest absolute Gasteiger partial charge is 0.378 e. The molecule has 2 aliphatic heterocycles. The molecule has 104 valence electrons. The van der Waals surface area contributed by atoms with E-state index < -0.39 is 0 Å². The van der Waals surface area contributed by atoms with Crippen molar-refractivity contribution in [2.45, 2.75) is 38.3 Å². The van der Waals surface area contributed by atoms with Gasteiger partial charge in [0.25, 0.3) is 0 Å². The molecule has 1 amide bonds. The lowest BCUT2D eigenvalue weighted by atomic mass is 10.0. The fraction of sp³-hybridized carbons (Fsp3) is 0.923. The van der Waals surface area contributed by atoms with Crippen LogP contribution < -0.4 is 11.1 Å². The van der Waals surface area contributed by atoms with Gasteiger partial charge < -0.3 is 15.8 Å². The van der Waals surface area contributed by atoms with Gasteiger partial charge in [-0.05, 0) is 26.2 Å². The minimum atomic E-state index is 0.129. The number of carbonyl (C=O) groups excluding carboxylic acids is 1. The van der Waals surface area contributed by atoms with E-state index in [1.165, 1.54) is 0 Å². The molecular weight excluding hydrogens is 230 g/mol. The third-order valence-corrected chi connectivity index (χ3v) is 4.09. The third kappa shape index (κ3) is 3.93. The molecule has 0 aromatic carbocycles. The van der Waals surface area contributed by atoms with Crippen LogP contribution in [-0.2, 0) is 9.53 Å². The topological polar surface area (TPSA) is 67.6 Å². The first-order chi connectivity index (χ1) is 8.65. The summed E-state index contributed by atoms with van der Waals surface area (Å²) in [5, 5.41) is 3.02. The molecule has 2 heterocycles. The van der Waals surface area contributed by atoms with Crippen LogP contribution in [0.5, 0.6) is 0 Å². The Kier molecular flexibility index (Phi) is 4.97. The number of rotatable bonds is 4. The molecule has 2 saturated heterocycles. The van der Waals surface area contributed by atoms with Crippen LogP contribution in [0.1, 0.15) is 26.2 Å². The fourth-order valence-corrected chi connectivity index (χ4v) is 2.66. The zero-order chi connectivity index (χ0) is 13.0. The average Bonchev–Trinajstić information content (AvgIpc) is 2.75. The predicted octanol–water partition coefficient (Wildman–Crippen LogP) is -0.0493. The minimum Gasteiger partial charge on any atom is -0.378 e. The SMILES string of the molecule is CC1OCCC1CNC(=O)CN1CCC(N)CC1. The maximum absolute atomic E-state index is 11.8. The number of nitrogens with one attached hydrogen (secondary N) is 1. The second-order valence-corrected chi connectivity index (χ2v) is 5.54. The Hall–Kier alpha value is -0.650. The van der Waals surface area contributed by atoms with E-state index in [1.54, 1.807) is 0 Å². The first-order valence-corrected chi connectivity index (χ1v) is 7.01. The van der Waals surface area contributed by atoms with E-state index in [-0.39, 0.29) is 12.0 Å². The Labute approximate surface area is 109 Å².